The fourth-order valence-electron chi connectivity index (χ4n) is 3.36. The SMILES string of the molecule is N#Cc1ccc(Cn2c(N3CCC(F)(F)[C@H](N)C3)nc3cc(F)c(F)cc32)nc1. The van der Waals surface area contributed by atoms with Gasteiger partial charge >= 0.3 is 0 Å². The molecule has 0 bridgehead atoms. The number of pyridine rings is 1. The molecule has 1 aliphatic rings. The van der Waals surface area contributed by atoms with Crippen LogP contribution >= 0.6 is 0 Å². The highest BCUT2D eigenvalue weighted by Crippen LogP contribution is 2.32. The largest absolute Gasteiger partial charge is 0.340 e. The van der Waals surface area contributed by atoms with Crippen LogP contribution in [0, 0.1) is 23.0 Å². The van der Waals surface area contributed by atoms with Crippen LogP contribution in [0.2, 0.25) is 0 Å². The maximum absolute atomic E-state index is 13.9. The zero-order chi connectivity index (χ0) is 20.8. The van der Waals surface area contributed by atoms with Crippen LogP contribution in [0.1, 0.15) is 17.7 Å². The molecule has 0 radical (unpaired) electrons. The number of halogens is 4. The molecular formula is C19H16F4N6. The Morgan fingerprint density at radius 2 is 2.00 bits per heavy atom. The molecule has 2 aromatic heterocycles. The number of anilines is 1. The normalized spacial score (nSPS) is 18.8. The maximum Gasteiger partial charge on any atom is 0.266 e. The second-order valence-corrected chi connectivity index (χ2v) is 6.97. The average molecular weight is 404 g/mol. The third-order valence-corrected chi connectivity index (χ3v) is 5.00. The van der Waals surface area contributed by atoms with Crippen LogP contribution in [-0.4, -0.2) is 39.6 Å². The Morgan fingerprint density at radius 1 is 1.24 bits per heavy atom. The van der Waals surface area contributed by atoms with E-state index in [9.17, 15) is 17.6 Å². The van der Waals surface area contributed by atoms with Crippen LogP contribution in [0.25, 0.3) is 11.0 Å². The molecule has 1 fully saturated rings. The molecule has 3 aromatic rings. The molecule has 0 aliphatic carbocycles. The van der Waals surface area contributed by atoms with Crippen LogP contribution in [0.4, 0.5) is 23.5 Å². The van der Waals surface area contributed by atoms with Crippen LogP contribution in [-0.2, 0) is 6.54 Å². The zero-order valence-electron chi connectivity index (χ0n) is 15.1. The number of imidazole rings is 1. The molecule has 3 heterocycles. The van der Waals surface area contributed by atoms with Gasteiger partial charge in [0.05, 0.1) is 34.9 Å². The molecule has 150 valence electrons. The Kier molecular flexibility index (Phi) is 4.62. The Bertz CT molecular complexity index is 1100. The standard InChI is InChI=1S/C19H16F4N6/c20-13-5-15-16(6-14(13)21)29(9-12-2-1-11(7-24)8-26-12)18(27-15)28-4-3-19(22,23)17(25)10-28/h1-2,5-6,8,17H,3-4,9-10,25H2/t17-/m1/s1. The Balaban J connectivity index is 1.78. The zero-order valence-corrected chi connectivity index (χ0v) is 15.1. The summed E-state index contributed by atoms with van der Waals surface area (Å²) in [6.07, 6.45) is 0.945. The maximum atomic E-state index is 13.9. The van der Waals surface area contributed by atoms with Gasteiger partial charge in [0.2, 0.25) is 5.95 Å². The second-order valence-electron chi connectivity index (χ2n) is 6.97. The first-order valence-electron chi connectivity index (χ1n) is 8.87. The summed E-state index contributed by atoms with van der Waals surface area (Å²) in [5, 5.41) is 8.90. The molecule has 1 aromatic carbocycles. The van der Waals surface area contributed by atoms with Gasteiger partial charge in [0.25, 0.3) is 5.92 Å². The van der Waals surface area contributed by atoms with E-state index < -0.39 is 30.0 Å². The van der Waals surface area contributed by atoms with Crippen molar-refractivity contribution in [2.45, 2.75) is 24.9 Å². The fraction of sp³-hybridized carbons (Fsp3) is 0.316. The van der Waals surface area contributed by atoms with Crippen LogP contribution in [0.15, 0.2) is 30.5 Å². The summed E-state index contributed by atoms with van der Waals surface area (Å²) in [4.78, 5) is 10.1. The lowest BCUT2D eigenvalue weighted by Crippen LogP contribution is -2.55. The minimum absolute atomic E-state index is 0.00418. The van der Waals surface area contributed by atoms with Gasteiger partial charge in [0, 0.05) is 37.8 Å². The molecule has 0 unspecified atom stereocenters. The molecule has 1 aliphatic heterocycles. The molecule has 6 nitrogen and oxygen atoms in total. The third kappa shape index (κ3) is 3.49. The summed E-state index contributed by atoms with van der Waals surface area (Å²) >= 11 is 0. The Hall–Kier alpha value is -3.19. The summed E-state index contributed by atoms with van der Waals surface area (Å²) < 4.78 is 56.8. The Labute approximate surface area is 163 Å². The smallest absolute Gasteiger partial charge is 0.266 e. The van der Waals surface area contributed by atoms with E-state index in [0.717, 1.165) is 12.1 Å². The lowest BCUT2D eigenvalue weighted by atomic mass is 10.0. The predicted octanol–water partition coefficient (Wildman–Crippen LogP) is 2.80. The number of piperidine rings is 1. The quantitative estimate of drug-likeness (QED) is 0.679. The summed E-state index contributed by atoms with van der Waals surface area (Å²) in [6, 6.07) is 5.78. The number of nitrogens with two attached hydrogens (primary N) is 1. The highest BCUT2D eigenvalue weighted by atomic mass is 19.3. The van der Waals surface area contributed by atoms with E-state index in [0.29, 0.717) is 16.8 Å². The molecular weight excluding hydrogens is 388 g/mol. The van der Waals surface area contributed by atoms with Gasteiger partial charge < -0.3 is 15.2 Å². The van der Waals surface area contributed by atoms with Crippen molar-refractivity contribution < 1.29 is 17.6 Å². The molecule has 0 spiro atoms. The number of hydrogen-bond acceptors (Lipinski definition) is 5. The Morgan fingerprint density at radius 3 is 2.66 bits per heavy atom. The number of fused-ring (bicyclic) bond motifs is 1. The van der Waals surface area contributed by atoms with Crippen molar-refractivity contribution in [1.29, 1.82) is 5.26 Å². The highest BCUT2D eigenvalue weighted by molar-refractivity contribution is 5.79. The number of alkyl halides is 2. The van der Waals surface area contributed by atoms with Gasteiger partial charge in [-0.25, -0.2) is 22.5 Å². The minimum atomic E-state index is -2.99. The summed E-state index contributed by atoms with van der Waals surface area (Å²) in [5.41, 5.74) is 7.04. The van der Waals surface area contributed by atoms with Gasteiger partial charge in [0.15, 0.2) is 11.6 Å². The number of nitrogens with zero attached hydrogens (tertiary/aromatic N) is 5. The first-order valence-corrected chi connectivity index (χ1v) is 8.87. The summed E-state index contributed by atoms with van der Waals surface area (Å²) in [5.74, 6) is -4.80. The molecule has 10 heteroatoms. The molecule has 0 amide bonds. The number of hydrogen-bond donors (Lipinski definition) is 1. The summed E-state index contributed by atoms with van der Waals surface area (Å²) in [6.45, 7) is -0.0252. The van der Waals surface area contributed by atoms with Gasteiger partial charge in [-0.3, -0.25) is 4.98 Å². The number of benzene rings is 1. The number of aromatic nitrogens is 3. The van der Waals surface area contributed by atoms with Gasteiger partial charge in [-0.2, -0.15) is 5.26 Å². The first kappa shape index (κ1) is 19.1. The van der Waals surface area contributed by atoms with Gasteiger partial charge in [-0.05, 0) is 12.1 Å². The molecule has 2 N–H and O–H groups in total. The summed E-state index contributed by atoms with van der Waals surface area (Å²) in [7, 11) is 0. The lowest BCUT2D eigenvalue weighted by molar-refractivity contribution is -0.0395. The van der Waals surface area contributed by atoms with Crippen LogP contribution < -0.4 is 10.6 Å². The topological polar surface area (TPSA) is 83.8 Å². The van der Waals surface area contributed by atoms with Crippen LogP contribution in [0.5, 0.6) is 0 Å². The predicted molar refractivity (Wildman–Crippen MR) is 97.5 cm³/mol. The van der Waals surface area contributed by atoms with E-state index in [2.05, 4.69) is 9.97 Å². The van der Waals surface area contributed by atoms with Crippen molar-refractivity contribution in [3.05, 3.63) is 53.4 Å². The van der Waals surface area contributed by atoms with Gasteiger partial charge in [-0.15, -0.1) is 0 Å². The molecule has 29 heavy (non-hydrogen) atoms. The van der Waals surface area contributed by atoms with Crippen molar-refractivity contribution in [1.82, 2.24) is 14.5 Å². The van der Waals surface area contributed by atoms with Crippen molar-refractivity contribution in [3.63, 3.8) is 0 Å². The van der Waals surface area contributed by atoms with E-state index >= 15 is 0 Å². The van der Waals surface area contributed by atoms with Gasteiger partial charge in [-0.1, -0.05) is 0 Å². The first-order chi connectivity index (χ1) is 13.8. The van der Waals surface area contributed by atoms with E-state index in [1.807, 2.05) is 6.07 Å². The van der Waals surface area contributed by atoms with E-state index in [-0.39, 0.29) is 31.1 Å². The molecule has 4 rings (SSSR count). The van der Waals surface area contributed by atoms with Crippen molar-refractivity contribution >= 4 is 17.0 Å². The monoisotopic (exact) mass is 404 g/mol. The third-order valence-electron chi connectivity index (χ3n) is 5.00. The lowest BCUT2D eigenvalue weighted by Gasteiger charge is -2.37. The molecule has 0 saturated carbocycles. The number of nitriles is 1. The average Bonchev–Trinajstić information content (AvgIpc) is 3.02. The fourth-order valence-corrected chi connectivity index (χ4v) is 3.36. The van der Waals surface area contributed by atoms with Crippen molar-refractivity contribution in [2.24, 2.45) is 5.73 Å². The van der Waals surface area contributed by atoms with E-state index in [1.54, 1.807) is 21.6 Å². The highest BCUT2D eigenvalue weighted by Gasteiger charge is 2.42. The van der Waals surface area contributed by atoms with E-state index in [4.69, 9.17) is 11.0 Å². The van der Waals surface area contributed by atoms with Crippen LogP contribution in [0.3, 0.4) is 0 Å². The van der Waals surface area contributed by atoms with Crippen molar-refractivity contribution in [3.8, 4) is 6.07 Å². The van der Waals surface area contributed by atoms with Gasteiger partial charge in [0.1, 0.15) is 6.07 Å². The molecule has 1 atom stereocenters. The minimum Gasteiger partial charge on any atom is -0.340 e. The van der Waals surface area contributed by atoms with E-state index in [1.165, 1.54) is 6.20 Å². The van der Waals surface area contributed by atoms with Crippen molar-refractivity contribution in [2.75, 3.05) is 18.0 Å². The number of rotatable bonds is 3. The molecule has 1 saturated heterocycles. The second kappa shape index (κ2) is 7.00.